The third-order valence-electron chi connectivity index (χ3n) is 6.19. The van der Waals surface area contributed by atoms with E-state index in [1.807, 2.05) is 0 Å². The molecule has 0 atom stereocenters. The number of unbranched alkanes of at least 4 members (excludes halogenated alkanes) is 5. The van der Waals surface area contributed by atoms with Crippen LogP contribution in [0.3, 0.4) is 0 Å². The standard InChI is InChI=1S/C28H31NO2S/c1-4-5-6-7-8-9-18-29-27(30)23-24(28(29)31)26(22-16-12-20(3)13-17-22)32-25(23)21-14-10-19(2)11-15-21/h10-17H,4-9,18H2,1-3H3. The van der Waals surface area contributed by atoms with E-state index in [-0.39, 0.29) is 11.8 Å². The quantitative estimate of drug-likeness (QED) is 0.250. The second-order valence-electron chi connectivity index (χ2n) is 8.77. The molecule has 0 saturated heterocycles. The van der Waals surface area contributed by atoms with Crippen LogP contribution in [0.15, 0.2) is 48.5 Å². The van der Waals surface area contributed by atoms with Crippen LogP contribution >= 0.6 is 11.3 Å². The summed E-state index contributed by atoms with van der Waals surface area (Å²) >= 11 is 1.56. The molecule has 0 radical (unpaired) electrons. The minimum Gasteiger partial charge on any atom is -0.274 e. The molecule has 4 heteroatoms. The molecular formula is C28H31NO2S. The Hall–Kier alpha value is -2.72. The van der Waals surface area contributed by atoms with Crippen molar-refractivity contribution in [1.82, 2.24) is 4.90 Å². The van der Waals surface area contributed by atoms with E-state index in [1.54, 1.807) is 11.3 Å². The highest BCUT2D eigenvalue weighted by atomic mass is 32.1. The van der Waals surface area contributed by atoms with E-state index < -0.39 is 0 Å². The highest BCUT2D eigenvalue weighted by Crippen LogP contribution is 2.46. The van der Waals surface area contributed by atoms with Crippen molar-refractivity contribution in [3.63, 3.8) is 0 Å². The average Bonchev–Trinajstić information content (AvgIpc) is 3.29. The monoisotopic (exact) mass is 445 g/mol. The van der Waals surface area contributed by atoms with Crippen molar-refractivity contribution in [2.24, 2.45) is 0 Å². The summed E-state index contributed by atoms with van der Waals surface area (Å²) in [5.41, 5.74) is 5.52. The van der Waals surface area contributed by atoms with E-state index in [0.29, 0.717) is 17.7 Å². The Bertz CT molecular complexity index is 1030. The number of amides is 2. The maximum absolute atomic E-state index is 13.4. The van der Waals surface area contributed by atoms with E-state index in [9.17, 15) is 9.59 Å². The predicted octanol–water partition coefficient (Wildman–Crippen LogP) is 7.66. The molecular weight excluding hydrogens is 414 g/mol. The smallest absolute Gasteiger partial charge is 0.263 e. The number of carbonyl (C=O) groups is 2. The van der Waals surface area contributed by atoms with E-state index >= 15 is 0 Å². The van der Waals surface area contributed by atoms with Gasteiger partial charge in [-0.25, -0.2) is 0 Å². The van der Waals surface area contributed by atoms with Crippen molar-refractivity contribution in [2.45, 2.75) is 59.3 Å². The lowest BCUT2D eigenvalue weighted by Crippen LogP contribution is -2.31. The Morgan fingerprint density at radius 3 is 1.56 bits per heavy atom. The van der Waals surface area contributed by atoms with Gasteiger partial charge in [-0.2, -0.15) is 0 Å². The van der Waals surface area contributed by atoms with Gasteiger partial charge in [-0.05, 0) is 31.4 Å². The summed E-state index contributed by atoms with van der Waals surface area (Å²) in [6, 6.07) is 16.4. The van der Waals surface area contributed by atoms with Gasteiger partial charge in [0, 0.05) is 16.3 Å². The second kappa shape index (κ2) is 9.83. The normalized spacial score (nSPS) is 13.2. The molecule has 1 aliphatic heterocycles. The molecule has 0 aliphatic carbocycles. The lowest BCUT2D eigenvalue weighted by molar-refractivity contribution is 0.0652. The fourth-order valence-corrected chi connectivity index (χ4v) is 5.57. The van der Waals surface area contributed by atoms with Crippen LogP contribution in [0.4, 0.5) is 0 Å². The van der Waals surface area contributed by atoms with Crippen molar-refractivity contribution in [1.29, 1.82) is 0 Å². The molecule has 0 spiro atoms. The summed E-state index contributed by atoms with van der Waals surface area (Å²) in [4.78, 5) is 30.2. The number of benzene rings is 2. The Balaban J connectivity index is 1.68. The summed E-state index contributed by atoms with van der Waals surface area (Å²) in [6.07, 6.45) is 6.77. The predicted molar refractivity (Wildman–Crippen MR) is 133 cm³/mol. The molecule has 32 heavy (non-hydrogen) atoms. The number of aryl methyl sites for hydroxylation is 2. The van der Waals surface area contributed by atoms with Gasteiger partial charge in [0.05, 0.1) is 11.1 Å². The summed E-state index contributed by atoms with van der Waals surface area (Å²) in [7, 11) is 0. The molecule has 3 aromatic rings. The van der Waals surface area contributed by atoms with Crippen LogP contribution < -0.4 is 0 Å². The second-order valence-corrected chi connectivity index (χ2v) is 9.79. The highest BCUT2D eigenvalue weighted by molar-refractivity contribution is 7.20. The number of fused-ring (bicyclic) bond motifs is 1. The number of hydrogen-bond donors (Lipinski definition) is 0. The number of thiophene rings is 1. The van der Waals surface area contributed by atoms with Gasteiger partial charge in [-0.15, -0.1) is 11.3 Å². The van der Waals surface area contributed by atoms with Crippen molar-refractivity contribution < 1.29 is 9.59 Å². The number of nitrogens with zero attached hydrogens (tertiary/aromatic N) is 1. The van der Waals surface area contributed by atoms with E-state index in [0.717, 1.165) is 40.1 Å². The number of imide groups is 1. The maximum atomic E-state index is 13.4. The fourth-order valence-electron chi connectivity index (χ4n) is 4.27. The van der Waals surface area contributed by atoms with Crippen LogP contribution in [0.1, 0.15) is 77.3 Å². The molecule has 0 fully saturated rings. The minimum atomic E-state index is -0.135. The summed E-state index contributed by atoms with van der Waals surface area (Å²) in [6.45, 7) is 6.81. The molecule has 3 nitrogen and oxygen atoms in total. The summed E-state index contributed by atoms with van der Waals surface area (Å²) in [5, 5.41) is 0. The zero-order valence-corrected chi connectivity index (χ0v) is 20.1. The Labute approximate surface area is 195 Å². The Morgan fingerprint density at radius 1 is 0.656 bits per heavy atom. The van der Waals surface area contributed by atoms with Crippen molar-refractivity contribution >= 4 is 23.2 Å². The lowest BCUT2D eigenvalue weighted by Gasteiger charge is -2.15. The van der Waals surface area contributed by atoms with Gasteiger partial charge < -0.3 is 0 Å². The molecule has 1 aliphatic rings. The molecule has 0 bridgehead atoms. The molecule has 0 N–H and O–H groups in total. The van der Waals surface area contributed by atoms with Gasteiger partial charge in [-0.1, -0.05) is 98.7 Å². The van der Waals surface area contributed by atoms with E-state index in [4.69, 9.17) is 0 Å². The zero-order valence-electron chi connectivity index (χ0n) is 19.2. The first kappa shape index (κ1) is 22.5. The third-order valence-corrected chi connectivity index (χ3v) is 7.48. The van der Waals surface area contributed by atoms with Crippen LogP contribution in [0.5, 0.6) is 0 Å². The summed E-state index contributed by atoms with van der Waals surface area (Å²) in [5.74, 6) is -0.271. The van der Waals surface area contributed by atoms with Crippen LogP contribution in [-0.4, -0.2) is 23.3 Å². The number of carbonyl (C=O) groups excluding carboxylic acids is 2. The van der Waals surface area contributed by atoms with Gasteiger partial charge in [-0.3, -0.25) is 14.5 Å². The largest absolute Gasteiger partial charge is 0.274 e. The van der Waals surface area contributed by atoms with Gasteiger partial charge in [0.15, 0.2) is 0 Å². The molecule has 0 saturated carbocycles. The number of rotatable bonds is 9. The fraction of sp³-hybridized carbons (Fsp3) is 0.357. The molecule has 166 valence electrons. The molecule has 2 heterocycles. The highest BCUT2D eigenvalue weighted by Gasteiger charge is 2.41. The minimum absolute atomic E-state index is 0.135. The third kappa shape index (κ3) is 4.42. The molecule has 4 rings (SSSR count). The van der Waals surface area contributed by atoms with E-state index in [2.05, 4.69) is 69.3 Å². The van der Waals surface area contributed by atoms with Crippen molar-refractivity contribution in [2.75, 3.05) is 6.54 Å². The average molecular weight is 446 g/mol. The van der Waals surface area contributed by atoms with Crippen LogP contribution in [0, 0.1) is 13.8 Å². The SMILES string of the molecule is CCCCCCCCN1C(=O)c2c(-c3ccc(C)cc3)sc(-c3ccc(C)cc3)c2C1=O. The van der Waals surface area contributed by atoms with Crippen molar-refractivity contribution in [3.8, 4) is 20.9 Å². The van der Waals surface area contributed by atoms with E-state index in [1.165, 1.54) is 35.3 Å². The van der Waals surface area contributed by atoms with Gasteiger partial charge in [0.25, 0.3) is 11.8 Å². The first-order valence-electron chi connectivity index (χ1n) is 11.7. The number of hydrogen-bond acceptors (Lipinski definition) is 3. The summed E-state index contributed by atoms with van der Waals surface area (Å²) < 4.78 is 0. The topological polar surface area (TPSA) is 37.4 Å². The molecule has 1 aromatic heterocycles. The molecule has 2 aromatic carbocycles. The van der Waals surface area contributed by atoms with Gasteiger partial charge in [0.1, 0.15) is 0 Å². The van der Waals surface area contributed by atoms with Crippen LogP contribution in [0.25, 0.3) is 20.9 Å². The molecule has 2 amide bonds. The maximum Gasteiger partial charge on any atom is 0.263 e. The van der Waals surface area contributed by atoms with Crippen molar-refractivity contribution in [3.05, 3.63) is 70.8 Å². The first-order valence-corrected chi connectivity index (χ1v) is 12.5. The first-order chi connectivity index (χ1) is 15.5. The lowest BCUT2D eigenvalue weighted by atomic mass is 10.0. The molecule has 0 unspecified atom stereocenters. The van der Waals surface area contributed by atoms with Gasteiger partial charge >= 0.3 is 0 Å². The van der Waals surface area contributed by atoms with Crippen LogP contribution in [-0.2, 0) is 0 Å². The Kier molecular flexibility index (Phi) is 6.90. The van der Waals surface area contributed by atoms with Gasteiger partial charge in [0.2, 0.25) is 0 Å². The Morgan fingerprint density at radius 2 is 1.09 bits per heavy atom. The van der Waals surface area contributed by atoms with Crippen LogP contribution in [0.2, 0.25) is 0 Å². The zero-order chi connectivity index (χ0) is 22.7.